The molecule has 26 heavy (non-hydrogen) atoms. The summed E-state index contributed by atoms with van der Waals surface area (Å²) in [5.74, 6) is 0.672. The van der Waals surface area contributed by atoms with Crippen LogP contribution in [0, 0.1) is 16.0 Å². The molecule has 1 aliphatic heterocycles. The van der Waals surface area contributed by atoms with Crippen molar-refractivity contribution in [1.29, 1.82) is 0 Å². The molecule has 2 aromatic carbocycles. The van der Waals surface area contributed by atoms with E-state index in [0.29, 0.717) is 17.2 Å². The Morgan fingerprint density at radius 2 is 1.92 bits per heavy atom. The fraction of sp³-hybridized carbons (Fsp3) is 0.333. The van der Waals surface area contributed by atoms with Crippen molar-refractivity contribution in [3.8, 4) is 5.75 Å². The van der Waals surface area contributed by atoms with E-state index in [1.807, 2.05) is 6.08 Å². The number of phenols is 1. The number of aromatic hydroxyl groups is 1. The first-order chi connectivity index (χ1) is 12.5. The highest BCUT2D eigenvalue weighted by Crippen LogP contribution is 2.54. The van der Waals surface area contributed by atoms with E-state index in [1.165, 1.54) is 17.7 Å². The molecule has 0 amide bonds. The quantitative estimate of drug-likeness (QED) is 0.343. The second kappa shape index (κ2) is 6.16. The second-order valence-corrected chi connectivity index (χ2v) is 7.45. The van der Waals surface area contributed by atoms with Gasteiger partial charge in [-0.2, -0.15) is 0 Å². The standard InChI is InChI=1S/C21H22N2O3/c1-12(2)13-6-8-14(9-7-13)20-16-5-3-4-15(16)19-17(23(25)26)10-11-18(24)21(19)22-20/h3-4,6-12,15-16,20,22,24H,5H2,1-2H3. The highest BCUT2D eigenvalue weighted by atomic mass is 16.6. The lowest BCUT2D eigenvalue weighted by atomic mass is 9.76. The maximum Gasteiger partial charge on any atom is 0.275 e. The van der Waals surface area contributed by atoms with E-state index in [4.69, 9.17) is 0 Å². The first-order valence-electron chi connectivity index (χ1n) is 9.00. The molecule has 0 spiro atoms. The van der Waals surface area contributed by atoms with Crippen molar-refractivity contribution in [1.82, 2.24) is 0 Å². The van der Waals surface area contributed by atoms with Crippen LogP contribution in [0.25, 0.3) is 0 Å². The lowest BCUT2D eigenvalue weighted by Gasteiger charge is -2.37. The maximum absolute atomic E-state index is 11.5. The van der Waals surface area contributed by atoms with E-state index in [1.54, 1.807) is 0 Å². The van der Waals surface area contributed by atoms with E-state index in [9.17, 15) is 15.2 Å². The van der Waals surface area contributed by atoms with Gasteiger partial charge in [0.15, 0.2) is 0 Å². The van der Waals surface area contributed by atoms with Crippen molar-refractivity contribution in [2.75, 3.05) is 5.32 Å². The molecule has 5 nitrogen and oxygen atoms in total. The van der Waals surface area contributed by atoms with Crippen molar-refractivity contribution in [2.45, 2.75) is 38.1 Å². The van der Waals surface area contributed by atoms with Gasteiger partial charge in [-0.1, -0.05) is 50.3 Å². The summed E-state index contributed by atoms with van der Waals surface area (Å²) in [4.78, 5) is 11.1. The second-order valence-electron chi connectivity index (χ2n) is 7.45. The Morgan fingerprint density at radius 3 is 2.58 bits per heavy atom. The average molecular weight is 350 g/mol. The number of rotatable bonds is 3. The van der Waals surface area contributed by atoms with E-state index in [0.717, 1.165) is 12.0 Å². The van der Waals surface area contributed by atoms with Crippen LogP contribution in [-0.4, -0.2) is 10.0 Å². The largest absolute Gasteiger partial charge is 0.506 e. The van der Waals surface area contributed by atoms with Gasteiger partial charge in [-0.3, -0.25) is 10.1 Å². The van der Waals surface area contributed by atoms with Gasteiger partial charge in [0.05, 0.1) is 22.2 Å². The van der Waals surface area contributed by atoms with Crippen molar-refractivity contribution >= 4 is 11.4 Å². The number of nitrogens with one attached hydrogen (secondary N) is 1. The number of benzene rings is 2. The normalized spacial score (nSPS) is 23.4. The first-order valence-corrected chi connectivity index (χ1v) is 9.00. The molecule has 4 rings (SSSR count). The number of hydrogen-bond acceptors (Lipinski definition) is 4. The van der Waals surface area contributed by atoms with Gasteiger partial charge in [-0.15, -0.1) is 0 Å². The van der Waals surface area contributed by atoms with Crippen LogP contribution in [0.2, 0.25) is 0 Å². The minimum atomic E-state index is -0.360. The predicted octanol–water partition coefficient (Wildman–Crippen LogP) is 5.25. The molecular weight excluding hydrogens is 328 g/mol. The zero-order valence-electron chi connectivity index (χ0n) is 14.8. The fourth-order valence-corrected chi connectivity index (χ4v) is 4.25. The molecule has 0 saturated heterocycles. The average Bonchev–Trinajstić information content (AvgIpc) is 3.11. The minimum absolute atomic E-state index is 0.0108. The number of hydrogen-bond donors (Lipinski definition) is 2. The molecule has 0 bridgehead atoms. The van der Waals surface area contributed by atoms with E-state index in [2.05, 4.69) is 49.5 Å². The molecule has 5 heteroatoms. The lowest BCUT2D eigenvalue weighted by Crippen LogP contribution is -2.29. The molecule has 3 atom stereocenters. The Labute approximate surface area is 152 Å². The van der Waals surface area contributed by atoms with E-state index < -0.39 is 0 Å². The fourth-order valence-electron chi connectivity index (χ4n) is 4.25. The Bertz CT molecular complexity index is 887. The molecule has 134 valence electrons. The topological polar surface area (TPSA) is 75.4 Å². The summed E-state index contributed by atoms with van der Waals surface area (Å²) in [6.07, 6.45) is 5.00. The van der Waals surface area contributed by atoms with Crippen LogP contribution in [0.1, 0.15) is 54.8 Å². The van der Waals surface area contributed by atoms with Crippen LogP contribution in [0.3, 0.4) is 0 Å². The number of nitrogens with zero attached hydrogens (tertiary/aromatic N) is 1. The van der Waals surface area contributed by atoms with Crippen LogP contribution in [0.5, 0.6) is 5.75 Å². The van der Waals surface area contributed by atoms with Crippen molar-refractivity contribution < 1.29 is 10.0 Å². The van der Waals surface area contributed by atoms with Gasteiger partial charge < -0.3 is 10.4 Å². The summed E-state index contributed by atoms with van der Waals surface area (Å²) >= 11 is 0. The monoisotopic (exact) mass is 350 g/mol. The molecule has 2 N–H and O–H groups in total. The van der Waals surface area contributed by atoms with Crippen molar-refractivity contribution in [3.63, 3.8) is 0 Å². The van der Waals surface area contributed by atoms with Gasteiger partial charge in [-0.05, 0) is 35.4 Å². The highest BCUT2D eigenvalue weighted by Gasteiger charge is 2.42. The van der Waals surface area contributed by atoms with E-state index in [-0.39, 0.29) is 34.2 Å². The molecule has 0 radical (unpaired) electrons. The zero-order chi connectivity index (χ0) is 18.4. The number of nitro groups is 1. The molecule has 3 unspecified atom stereocenters. The molecule has 2 aromatic rings. The number of phenolic OH excluding ortho intramolecular Hbond substituents is 1. The summed E-state index contributed by atoms with van der Waals surface area (Å²) in [6.45, 7) is 4.33. The highest BCUT2D eigenvalue weighted by molar-refractivity contribution is 5.73. The Kier molecular flexibility index (Phi) is 3.94. The first kappa shape index (κ1) is 16.6. The SMILES string of the molecule is CC(C)c1ccc(C2Nc3c(O)ccc([N+](=O)[O-])c3C3C=CCC32)cc1. The van der Waals surface area contributed by atoms with Gasteiger partial charge in [0, 0.05) is 12.0 Å². The third-order valence-corrected chi connectivity index (χ3v) is 5.63. The summed E-state index contributed by atoms with van der Waals surface area (Å²) in [5, 5.41) is 25.3. The van der Waals surface area contributed by atoms with Crippen LogP contribution >= 0.6 is 0 Å². The Balaban J connectivity index is 1.80. The van der Waals surface area contributed by atoms with E-state index >= 15 is 0 Å². The van der Waals surface area contributed by atoms with Crippen molar-refractivity contribution in [2.24, 2.45) is 5.92 Å². The third kappa shape index (κ3) is 2.55. The molecule has 1 aliphatic carbocycles. The van der Waals surface area contributed by atoms with Gasteiger partial charge in [0.2, 0.25) is 0 Å². The number of allylic oxidation sites excluding steroid dienone is 2. The zero-order valence-corrected chi connectivity index (χ0v) is 14.8. The number of anilines is 1. The predicted molar refractivity (Wildman–Crippen MR) is 102 cm³/mol. The molecule has 2 aliphatic rings. The summed E-state index contributed by atoms with van der Waals surface area (Å²) < 4.78 is 0. The number of fused-ring (bicyclic) bond motifs is 3. The third-order valence-electron chi connectivity index (χ3n) is 5.63. The summed E-state index contributed by atoms with van der Waals surface area (Å²) in [5.41, 5.74) is 3.59. The van der Waals surface area contributed by atoms with Gasteiger partial charge in [0.1, 0.15) is 5.75 Å². The smallest absolute Gasteiger partial charge is 0.275 e. The molecule has 0 fully saturated rings. The van der Waals surface area contributed by atoms with Crippen LogP contribution in [-0.2, 0) is 0 Å². The maximum atomic E-state index is 11.5. The molecule has 1 heterocycles. The van der Waals surface area contributed by atoms with Crippen LogP contribution in [0.15, 0.2) is 48.6 Å². The molecular formula is C21H22N2O3. The molecule has 0 aromatic heterocycles. The number of nitro benzene ring substituents is 1. The van der Waals surface area contributed by atoms with Crippen molar-refractivity contribution in [3.05, 3.63) is 75.4 Å². The van der Waals surface area contributed by atoms with Gasteiger partial charge >= 0.3 is 0 Å². The van der Waals surface area contributed by atoms with Crippen LogP contribution < -0.4 is 5.32 Å². The Morgan fingerprint density at radius 1 is 1.19 bits per heavy atom. The summed E-state index contributed by atoms with van der Waals surface area (Å²) in [6, 6.07) is 11.4. The van der Waals surface area contributed by atoms with Crippen LogP contribution in [0.4, 0.5) is 11.4 Å². The lowest BCUT2D eigenvalue weighted by molar-refractivity contribution is -0.385. The minimum Gasteiger partial charge on any atom is -0.506 e. The Hall–Kier alpha value is -2.82. The summed E-state index contributed by atoms with van der Waals surface area (Å²) in [7, 11) is 0. The van der Waals surface area contributed by atoms with Gasteiger partial charge in [-0.25, -0.2) is 0 Å². The molecule has 0 saturated carbocycles. The van der Waals surface area contributed by atoms with Gasteiger partial charge in [0.25, 0.3) is 5.69 Å².